The molecule has 1 aromatic rings. The van der Waals surface area contributed by atoms with Crippen molar-refractivity contribution in [2.24, 2.45) is 0 Å². The molecule has 0 radical (unpaired) electrons. The fourth-order valence-electron chi connectivity index (χ4n) is 2.91. The molecule has 1 nitrogen and oxygen atoms in total. The summed E-state index contributed by atoms with van der Waals surface area (Å²) in [4.78, 5) is 1.48. The Morgan fingerprint density at radius 3 is 2.19 bits per heavy atom. The molecule has 1 heterocycles. The summed E-state index contributed by atoms with van der Waals surface area (Å²) in [6.45, 7) is 8.36. The van der Waals surface area contributed by atoms with Crippen LogP contribution in [0.1, 0.15) is 64.7 Å². The predicted molar refractivity (Wildman–Crippen MR) is 92.8 cm³/mol. The zero-order valence-corrected chi connectivity index (χ0v) is 14.6. The first kappa shape index (κ1) is 16.5. The van der Waals surface area contributed by atoms with Gasteiger partial charge in [-0.25, -0.2) is 0 Å². The van der Waals surface area contributed by atoms with Gasteiger partial charge in [0.05, 0.1) is 5.60 Å². The van der Waals surface area contributed by atoms with Crippen molar-refractivity contribution in [2.45, 2.75) is 71.8 Å². The van der Waals surface area contributed by atoms with Crippen LogP contribution in [-0.4, -0.2) is 10.7 Å². The highest BCUT2D eigenvalue weighted by Crippen LogP contribution is 2.35. The lowest BCUT2D eigenvalue weighted by Crippen LogP contribution is -2.19. The third-order valence-corrected chi connectivity index (χ3v) is 5.41. The summed E-state index contributed by atoms with van der Waals surface area (Å²) in [5.41, 5.74) is 5.71. The first-order valence-corrected chi connectivity index (χ1v) is 8.83. The monoisotopic (exact) mass is 304 g/mol. The van der Waals surface area contributed by atoms with Crippen molar-refractivity contribution in [1.82, 2.24) is 0 Å². The molecule has 1 aliphatic rings. The highest BCUT2D eigenvalue weighted by Gasteiger charge is 2.19. The quantitative estimate of drug-likeness (QED) is 0.672. The molecule has 1 N–H and O–H groups in total. The van der Waals surface area contributed by atoms with Gasteiger partial charge in [-0.1, -0.05) is 28.4 Å². The van der Waals surface area contributed by atoms with Crippen LogP contribution in [0.5, 0.6) is 0 Å². The maximum atomic E-state index is 10.00. The maximum Gasteiger partial charge on any atom is 0.0594 e. The molecule has 0 aromatic carbocycles. The van der Waals surface area contributed by atoms with E-state index in [4.69, 9.17) is 0 Å². The van der Waals surface area contributed by atoms with Crippen LogP contribution in [0.25, 0.3) is 0 Å². The van der Waals surface area contributed by atoms with Gasteiger partial charge in [0.2, 0.25) is 0 Å². The lowest BCUT2D eigenvalue weighted by Gasteiger charge is -2.25. The molecule has 1 aliphatic carbocycles. The van der Waals surface area contributed by atoms with E-state index < -0.39 is 5.60 Å². The number of thiophene rings is 1. The molecule has 0 fully saturated rings. The SMILES string of the molecule is CC1=C(C)CC(CCC(C)(C)O)=C(CCc2cccs2)C1. The van der Waals surface area contributed by atoms with Crippen LogP contribution < -0.4 is 0 Å². The largest absolute Gasteiger partial charge is 0.390 e. The molecule has 2 rings (SSSR count). The Balaban J connectivity index is 2.05. The van der Waals surface area contributed by atoms with E-state index in [9.17, 15) is 5.11 Å². The molecule has 21 heavy (non-hydrogen) atoms. The van der Waals surface area contributed by atoms with Crippen molar-refractivity contribution < 1.29 is 5.11 Å². The lowest BCUT2D eigenvalue weighted by atomic mass is 9.82. The number of rotatable bonds is 6. The van der Waals surface area contributed by atoms with Crippen molar-refractivity contribution in [1.29, 1.82) is 0 Å². The van der Waals surface area contributed by atoms with Crippen LogP contribution in [0.4, 0.5) is 0 Å². The first-order valence-electron chi connectivity index (χ1n) is 7.95. The van der Waals surface area contributed by atoms with Crippen molar-refractivity contribution in [3.05, 3.63) is 44.7 Å². The predicted octanol–water partition coefficient (Wildman–Crippen LogP) is 5.66. The van der Waals surface area contributed by atoms with E-state index in [2.05, 4.69) is 31.4 Å². The second kappa shape index (κ2) is 6.93. The summed E-state index contributed by atoms with van der Waals surface area (Å²) in [5, 5.41) is 12.2. The minimum atomic E-state index is -0.560. The van der Waals surface area contributed by atoms with Crippen LogP contribution in [-0.2, 0) is 6.42 Å². The smallest absolute Gasteiger partial charge is 0.0594 e. The van der Waals surface area contributed by atoms with Crippen molar-refractivity contribution in [2.75, 3.05) is 0 Å². The van der Waals surface area contributed by atoms with E-state index in [0.717, 1.165) is 32.1 Å². The second-order valence-electron chi connectivity index (χ2n) is 7.01. The van der Waals surface area contributed by atoms with E-state index in [0.29, 0.717) is 0 Å². The Kier molecular flexibility index (Phi) is 5.45. The zero-order chi connectivity index (χ0) is 15.5. The molecular weight excluding hydrogens is 276 g/mol. The summed E-state index contributed by atoms with van der Waals surface area (Å²) < 4.78 is 0. The molecule has 0 saturated carbocycles. The minimum Gasteiger partial charge on any atom is -0.390 e. The molecule has 0 amide bonds. The highest BCUT2D eigenvalue weighted by molar-refractivity contribution is 7.09. The molecular formula is C19H28OS. The lowest BCUT2D eigenvalue weighted by molar-refractivity contribution is 0.0711. The summed E-state index contributed by atoms with van der Waals surface area (Å²) in [6, 6.07) is 4.37. The maximum absolute atomic E-state index is 10.00. The molecule has 1 aromatic heterocycles. The number of aryl methyl sites for hydroxylation is 1. The Morgan fingerprint density at radius 2 is 1.67 bits per heavy atom. The molecule has 0 bridgehead atoms. The van der Waals surface area contributed by atoms with E-state index in [1.165, 1.54) is 16.9 Å². The number of hydrogen-bond acceptors (Lipinski definition) is 2. The number of hydrogen-bond donors (Lipinski definition) is 1. The Bertz CT molecular complexity index is 526. The van der Waals surface area contributed by atoms with E-state index in [1.54, 1.807) is 16.7 Å². The molecule has 0 aliphatic heterocycles. The Morgan fingerprint density at radius 1 is 1.05 bits per heavy atom. The van der Waals surface area contributed by atoms with Gasteiger partial charge in [0.15, 0.2) is 0 Å². The third kappa shape index (κ3) is 5.12. The van der Waals surface area contributed by atoms with Crippen molar-refractivity contribution >= 4 is 11.3 Å². The van der Waals surface area contributed by atoms with E-state index in [1.807, 2.05) is 25.2 Å². The van der Waals surface area contributed by atoms with Gasteiger partial charge in [-0.05, 0) is 77.7 Å². The number of aliphatic hydroxyl groups is 1. The average Bonchev–Trinajstić information content (AvgIpc) is 2.90. The van der Waals surface area contributed by atoms with Gasteiger partial charge in [0, 0.05) is 4.88 Å². The van der Waals surface area contributed by atoms with Gasteiger partial charge in [0.25, 0.3) is 0 Å². The fraction of sp³-hybridized carbons (Fsp3) is 0.579. The second-order valence-corrected chi connectivity index (χ2v) is 8.05. The molecule has 0 unspecified atom stereocenters. The van der Waals surface area contributed by atoms with Gasteiger partial charge in [0.1, 0.15) is 0 Å². The van der Waals surface area contributed by atoms with Crippen LogP contribution in [0.15, 0.2) is 39.8 Å². The first-order chi connectivity index (χ1) is 9.85. The van der Waals surface area contributed by atoms with Gasteiger partial charge < -0.3 is 5.11 Å². The van der Waals surface area contributed by atoms with Crippen LogP contribution >= 0.6 is 11.3 Å². The molecule has 0 saturated heterocycles. The van der Waals surface area contributed by atoms with Gasteiger partial charge >= 0.3 is 0 Å². The topological polar surface area (TPSA) is 20.2 Å². The van der Waals surface area contributed by atoms with Gasteiger partial charge in [-0.15, -0.1) is 11.3 Å². The fourth-order valence-corrected chi connectivity index (χ4v) is 3.62. The average molecular weight is 304 g/mol. The summed E-state index contributed by atoms with van der Waals surface area (Å²) in [5.74, 6) is 0. The van der Waals surface area contributed by atoms with Crippen LogP contribution in [0.3, 0.4) is 0 Å². The molecule has 0 spiro atoms. The third-order valence-electron chi connectivity index (χ3n) is 4.48. The standard InChI is InChI=1S/C19H28OS/c1-14-12-16(7-8-18-6-5-11-21-18)17(13-15(14)2)9-10-19(3,4)20/h5-6,11,20H,7-10,12-13H2,1-4H3. The minimum absolute atomic E-state index is 0.560. The molecule has 116 valence electrons. The van der Waals surface area contributed by atoms with E-state index in [-0.39, 0.29) is 0 Å². The van der Waals surface area contributed by atoms with Crippen molar-refractivity contribution in [3.8, 4) is 0 Å². The molecule has 0 atom stereocenters. The molecule has 2 heteroatoms. The van der Waals surface area contributed by atoms with Gasteiger partial charge in [-0.2, -0.15) is 0 Å². The summed E-state index contributed by atoms with van der Waals surface area (Å²) >= 11 is 1.86. The van der Waals surface area contributed by atoms with Crippen LogP contribution in [0, 0.1) is 0 Å². The zero-order valence-electron chi connectivity index (χ0n) is 13.8. The summed E-state index contributed by atoms with van der Waals surface area (Å²) in [7, 11) is 0. The number of allylic oxidation sites excluding steroid dienone is 4. The van der Waals surface area contributed by atoms with Gasteiger partial charge in [-0.3, -0.25) is 0 Å². The summed E-state index contributed by atoms with van der Waals surface area (Å²) in [6.07, 6.45) is 6.48. The van der Waals surface area contributed by atoms with Crippen molar-refractivity contribution in [3.63, 3.8) is 0 Å². The Labute approximate surface area is 133 Å². The van der Waals surface area contributed by atoms with E-state index >= 15 is 0 Å². The Hall–Kier alpha value is -0.860. The van der Waals surface area contributed by atoms with Crippen LogP contribution in [0.2, 0.25) is 0 Å². The normalized spacial score (nSPS) is 16.8. The highest BCUT2D eigenvalue weighted by atomic mass is 32.1.